The van der Waals surface area contributed by atoms with Crippen LogP contribution in [0.25, 0.3) is 11.6 Å². The van der Waals surface area contributed by atoms with Gasteiger partial charge in [-0.1, -0.05) is 0 Å². The van der Waals surface area contributed by atoms with E-state index in [4.69, 9.17) is 0 Å². The highest BCUT2D eigenvalue weighted by molar-refractivity contribution is 5.79. The second-order valence-corrected chi connectivity index (χ2v) is 5.01. The normalized spacial score (nSPS) is 12.6. The van der Waals surface area contributed by atoms with Gasteiger partial charge in [-0.2, -0.15) is 18.2 Å². The van der Waals surface area contributed by atoms with Gasteiger partial charge < -0.3 is 4.98 Å². The first-order valence-electron chi connectivity index (χ1n) is 6.52. The molecule has 1 heterocycles. The van der Waals surface area contributed by atoms with Crippen molar-refractivity contribution in [3.8, 4) is 0 Å². The number of nitrogens with zero attached hydrogens (tertiary/aromatic N) is 1. The Hall–Kier alpha value is -2.58. The maximum Gasteiger partial charge on any atom is 0.431 e. The second kappa shape index (κ2) is 6.14. The number of halogens is 6. The molecule has 0 saturated heterocycles. The van der Waals surface area contributed by atoms with E-state index in [9.17, 15) is 31.1 Å². The molecule has 0 unspecified atom stereocenters. The molecule has 0 aliphatic heterocycles. The Morgan fingerprint density at radius 2 is 1.79 bits per heavy atom. The van der Waals surface area contributed by atoms with Gasteiger partial charge in [0.2, 0.25) is 0 Å². The van der Waals surface area contributed by atoms with Gasteiger partial charge in [0, 0.05) is 0 Å². The van der Waals surface area contributed by atoms with E-state index in [2.05, 4.69) is 4.98 Å². The zero-order valence-electron chi connectivity index (χ0n) is 12.4. The van der Waals surface area contributed by atoms with Crippen LogP contribution in [-0.2, 0) is 6.18 Å². The monoisotopic (exact) mass is 348 g/mol. The number of hydrogen-bond donors (Lipinski definition) is 1. The van der Waals surface area contributed by atoms with Crippen LogP contribution in [-0.4, -0.2) is 9.97 Å². The van der Waals surface area contributed by atoms with Gasteiger partial charge >= 0.3 is 11.9 Å². The highest BCUT2D eigenvalue weighted by atomic mass is 19.4. The Morgan fingerprint density at radius 3 is 2.38 bits per heavy atom. The van der Waals surface area contributed by atoms with Gasteiger partial charge in [-0.25, -0.2) is 18.0 Å². The van der Waals surface area contributed by atoms with Crippen molar-refractivity contribution in [3.63, 3.8) is 0 Å². The van der Waals surface area contributed by atoms with Crippen molar-refractivity contribution in [2.45, 2.75) is 20.0 Å². The quantitative estimate of drug-likeness (QED) is 0.657. The molecule has 0 spiro atoms. The molecule has 1 aromatic heterocycles. The molecule has 2 aromatic rings. The van der Waals surface area contributed by atoms with Crippen LogP contribution in [0.1, 0.15) is 29.4 Å². The lowest BCUT2D eigenvalue weighted by Crippen LogP contribution is -2.20. The number of rotatable bonds is 2. The third kappa shape index (κ3) is 3.50. The van der Waals surface area contributed by atoms with Crippen molar-refractivity contribution in [2.24, 2.45) is 0 Å². The molecule has 128 valence electrons. The summed E-state index contributed by atoms with van der Waals surface area (Å²) in [7, 11) is 0. The number of hydrogen-bond acceptors (Lipinski definition) is 2. The molecule has 0 fully saturated rings. The summed E-state index contributed by atoms with van der Waals surface area (Å²) in [6.45, 7) is 2.49. The summed E-state index contributed by atoms with van der Waals surface area (Å²) in [5.41, 5.74) is -3.12. The number of benzene rings is 1. The smallest absolute Gasteiger partial charge is 0.302 e. The van der Waals surface area contributed by atoms with E-state index >= 15 is 0 Å². The number of aromatic amines is 1. The molecular weight excluding hydrogens is 338 g/mol. The summed E-state index contributed by atoms with van der Waals surface area (Å²) in [6.07, 6.45) is -3.68. The van der Waals surface area contributed by atoms with Gasteiger partial charge in [0.1, 0.15) is 5.69 Å². The molecule has 0 radical (unpaired) electrons. The first-order valence-corrected chi connectivity index (χ1v) is 6.52. The van der Waals surface area contributed by atoms with Crippen LogP contribution in [0, 0.1) is 24.4 Å². The zero-order chi connectivity index (χ0) is 18.2. The van der Waals surface area contributed by atoms with E-state index in [1.54, 1.807) is 4.98 Å². The van der Waals surface area contributed by atoms with Crippen LogP contribution in [0.3, 0.4) is 0 Å². The molecule has 0 atom stereocenters. The van der Waals surface area contributed by atoms with E-state index in [0.29, 0.717) is 12.1 Å². The largest absolute Gasteiger partial charge is 0.431 e. The van der Waals surface area contributed by atoms with Crippen molar-refractivity contribution >= 4 is 11.6 Å². The van der Waals surface area contributed by atoms with E-state index in [0.717, 1.165) is 6.08 Å². The fraction of sp³-hybridized carbons (Fsp3) is 0.200. The van der Waals surface area contributed by atoms with Gasteiger partial charge in [-0.3, -0.25) is 0 Å². The van der Waals surface area contributed by atoms with Gasteiger partial charge in [0.15, 0.2) is 17.5 Å². The summed E-state index contributed by atoms with van der Waals surface area (Å²) >= 11 is 0. The minimum absolute atomic E-state index is 0.0418. The number of aromatic nitrogens is 2. The fourth-order valence-electron chi connectivity index (χ4n) is 1.97. The van der Waals surface area contributed by atoms with Crippen LogP contribution < -0.4 is 5.69 Å². The minimum Gasteiger partial charge on any atom is -0.302 e. The topological polar surface area (TPSA) is 45.8 Å². The van der Waals surface area contributed by atoms with Crippen LogP contribution in [0.2, 0.25) is 0 Å². The maximum absolute atomic E-state index is 13.5. The number of alkyl halides is 3. The first-order chi connectivity index (χ1) is 11.0. The lowest BCUT2D eigenvalue weighted by Gasteiger charge is -2.09. The van der Waals surface area contributed by atoms with E-state index in [1.165, 1.54) is 13.8 Å². The van der Waals surface area contributed by atoms with Crippen molar-refractivity contribution in [3.05, 3.63) is 62.6 Å². The summed E-state index contributed by atoms with van der Waals surface area (Å²) in [5, 5.41) is 0. The molecule has 0 amide bonds. The van der Waals surface area contributed by atoms with Gasteiger partial charge in [0.25, 0.3) is 0 Å². The van der Waals surface area contributed by atoms with E-state index in [-0.39, 0.29) is 22.4 Å². The van der Waals surface area contributed by atoms with E-state index < -0.39 is 35.0 Å². The average Bonchev–Trinajstić information content (AvgIpc) is 2.49. The lowest BCUT2D eigenvalue weighted by atomic mass is 10.0. The number of nitrogens with one attached hydrogen (secondary N) is 1. The molecule has 1 aromatic carbocycles. The number of allylic oxidation sites excluding steroid dienone is 1. The number of H-pyrrole nitrogens is 1. The molecule has 1 N–H and O–H groups in total. The van der Waals surface area contributed by atoms with Crippen molar-refractivity contribution in [1.29, 1.82) is 0 Å². The summed E-state index contributed by atoms with van der Waals surface area (Å²) in [4.78, 5) is 16.2. The van der Waals surface area contributed by atoms with Gasteiger partial charge in [-0.15, -0.1) is 0 Å². The SMILES string of the molecule is CC(=Cc1cc(F)c(F)c(F)c1C)c1cc(C(F)(F)F)[nH]c(=O)n1. The van der Waals surface area contributed by atoms with Gasteiger partial charge in [-0.05, 0) is 48.8 Å². The molecule has 0 aliphatic rings. The van der Waals surface area contributed by atoms with Crippen molar-refractivity contribution < 1.29 is 26.3 Å². The Balaban J connectivity index is 2.58. The Bertz CT molecular complexity index is 883. The highest BCUT2D eigenvalue weighted by Gasteiger charge is 2.32. The Labute approximate surface area is 131 Å². The van der Waals surface area contributed by atoms with Crippen LogP contribution in [0.15, 0.2) is 16.9 Å². The zero-order valence-corrected chi connectivity index (χ0v) is 12.4. The molecule has 0 aliphatic carbocycles. The molecule has 24 heavy (non-hydrogen) atoms. The minimum atomic E-state index is -4.79. The fourth-order valence-corrected chi connectivity index (χ4v) is 1.97. The first kappa shape index (κ1) is 17.8. The van der Waals surface area contributed by atoms with Crippen molar-refractivity contribution in [1.82, 2.24) is 9.97 Å². The Morgan fingerprint density at radius 1 is 1.17 bits per heavy atom. The average molecular weight is 348 g/mol. The van der Waals surface area contributed by atoms with Crippen LogP contribution >= 0.6 is 0 Å². The third-order valence-corrected chi connectivity index (χ3v) is 3.27. The van der Waals surface area contributed by atoms with Crippen LogP contribution in [0.4, 0.5) is 26.3 Å². The van der Waals surface area contributed by atoms with Crippen molar-refractivity contribution in [2.75, 3.05) is 0 Å². The molecule has 0 saturated carbocycles. The third-order valence-electron chi connectivity index (χ3n) is 3.27. The standard InChI is InChI=1S/C15H10F6N2O/c1-6(3-8-4-9(16)13(18)12(17)7(8)2)10-5-11(15(19,20)21)23-14(24)22-10/h3-5H,1-2H3,(H,22,23,24). The summed E-state index contributed by atoms with van der Waals surface area (Å²) in [6, 6.07) is 1.30. The predicted molar refractivity (Wildman–Crippen MR) is 74.5 cm³/mol. The second-order valence-electron chi connectivity index (χ2n) is 5.01. The summed E-state index contributed by atoms with van der Waals surface area (Å²) < 4.78 is 78.0. The van der Waals surface area contributed by atoms with Gasteiger partial charge in [0.05, 0.1) is 5.69 Å². The van der Waals surface area contributed by atoms with Crippen LogP contribution in [0.5, 0.6) is 0 Å². The lowest BCUT2D eigenvalue weighted by molar-refractivity contribution is -0.141. The summed E-state index contributed by atoms with van der Waals surface area (Å²) in [5.74, 6) is -4.48. The molecule has 0 bridgehead atoms. The molecule has 9 heteroatoms. The highest BCUT2D eigenvalue weighted by Crippen LogP contribution is 2.29. The Kier molecular flexibility index (Phi) is 4.54. The maximum atomic E-state index is 13.5. The predicted octanol–water partition coefficient (Wildman–Crippen LogP) is 4.07. The molecule has 3 nitrogen and oxygen atoms in total. The molecular formula is C15H10F6N2O. The van der Waals surface area contributed by atoms with E-state index in [1.807, 2.05) is 0 Å². The molecule has 2 rings (SSSR count).